The number of ether oxygens (including phenoxy) is 2. The third kappa shape index (κ3) is 2.70. The minimum Gasteiger partial charge on any atom is -0.462 e. The highest BCUT2D eigenvalue weighted by Crippen LogP contribution is 2.31. The van der Waals surface area contributed by atoms with E-state index in [0.29, 0.717) is 11.1 Å². The van der Waals surface area contributed by atoms with Crippen LogP contribution in [0.3, 0.4) is 0 Å². The molecule has 2 aromatic heterocycles. The van der Waals surface area contributed by atoms with Gasteiger partial charge in [-0.1, -0.05) is 6.07 Å². The lowest BCUT2D eigenvalue weighted by Gasteiger charge is -2.07. The fourth-order valence-corrected chi connectivity index (χ4v) is 2.93. The molecule has 6 heteroatoms. The summed E-state index contributed by atoms with van der Waals surface area (Å²) in [5.74, 6) is -1.00. The average Bonchev–Trinajstić information content (AvgIpc) is 2.71. The molecule has 0 aromatic carbocycles. The third-order valence-corrected chi connectivity index (χ3v) is 3.71. The van der Waals surface area contributed by atoms with Gasteiger partial charge in [0.15, 0.2) is 0 Å². The lowest BCUT2D eigenvalue weighted by atomic mass is 10.1. The zero-order valence-electron chi connectivity index (χ0n) is 13.1. The second-order valence-electron chi connectivity index (χ2n) is 4.93. The van der Waals surface area contributed by atoms with Gasteiger partial charge in [0.2, 0.25) is 0 Å². The summed E-state index contributed by atoms with van der Waals surface area (Å²) in [6.45, 7) is 7.77. The molecule has 0 N–H and O–H groups in total. The van der Waals surface area contributed by atoms with Crippen LogP contribution in [0.4, 0.5) is 0 Å². The molecule has 0 unspecified atom stereocenters. The van der Waals surface area contributed by atoms with Gasteiger partial charge in [0, 0.05) is 6.20 Å². The molecule has 0 amide bonds. The number of thiol groups is 1. The van der Waals surface area contributed by atoms with Gasteiger partial charge in [0.1, 0.15) is 5.69 Å². The maximum atomic E-state index is 12.3. The number of hydrogen-bond acceptors (Lipinski definition) is 5. The first kappa shape index (κ1) is 16.4. The van der Waals surface area contributed by atoms with E-state index in [1.54, 1.807) is 24.4 Å². The number of fused-ring (bicyclic) bond motifs is 1. The monoisotopic (exact) mass is 321 g/mol. The fraction of sp³-hybridized carbons (Fsp3) is 0.375. The Morgan fingerprint density at radius 1 is 1.14 bits per heavy atom. The fourth-order valence-electron chi connectivity index (χ4n) is 2.54. The summed E-state index contributed by atoms with van der Waals surface area (Å²) in [6, 6.07) is 1.94. The number of carbonyl (C=O) groups excluding carboxylic acids is 2. The third-order valence-electron chi connectivity index (χ3n) is 3.28. The molecule has 2 rings (SSSR count). The van der Waals surface area contributed by atoms with Crippen LogP contribution in [0.5, 0.6) is 0 Å². The molecule has 0 aliphatic heterocycles. The number of nitrogens with zero attached hydrogens (tertiary/aromatic N) is 1. The summed E-state index contributed by atoms with van der Waals surface area (Å²) in [6.07, 6.45) is 1.79. The van der Waals surface area contributed by atoms with Crippen LogP contribution in [-0.4, -0.2) is 29.6 Å². The summed E-state index contributed by atoms with van der Waals surface area (Å²) in [5.41, 5.74) is 3.00. The molecule has 0 aliphatic carbocycles. The van der Waals surface area contributed by atoms with Gasteiger partial charge < -0.3 is 13.9 Å². The number of aromatic nitrogens is 1. The van der Waals surface area contributed by atoms with Crippen molar-refractivity contribution in [1.29, 1.82) is 0 Å². The Kier molecular flexibility index (Phi) is 4.81. The van der Waals surface area contributed by atoms with Crippen LogP contribution in [0.2, 0.25) is 0 Å². The molecule has 0 fully saturated rings. The first-order chi connectivity index (χ1) is 10.4. The second kappa shape index (κ2) is 6.44. The minimum atomic E-state index is -0.511. The van der Waals surface area contributed by atoms with Crippen LogP contribution in [0.25, 0.3) is 5.52 Å². The Morgan fingerprint density at radius 3 is 2.32 bits per heavy atom. The van der Waals surface area contributed by atoms with Gasteiger partial charge in [0.25, 0.3) is 0 Å². The van der Waals surface area contributed by atoms with Crippen molar-refractivity contribution in [3.8, 4) is 0 Å². The average molecular weight is 321 g/mol. The second-order valence-corrected chi connectivity index (χ2v) is 5.38. The van der Waals surface area contributed by atoms with E-state index >= 15 is 0 Å². The van der Waals surface area contributed by atoms with Crippen LogP contribution in [0, 0.1) is 13.8 Å². The van der Waals surface area contributed by atoms with Crippen LogP contribution in [-0.2, 0) is 9.47 Å². The molecular formula is C16H19NO4S. The summed E-state index contributed by atoms with van der Waals surface area (Å²) in [4.78, 5) is 24.8. The number of hydrogen-bond donors (Lipinski definition) is 1. The summed E-state index contributed by atoms with van der Waals surface area (Å²) >= 11 is 4.39. The number of pyridine rings is 1. The Bertz CT molecular complexity index is 748. The normalized spacial score (nSPS) is 10.8. The maximum absolute atomic E-state index is 12.3. The van der Waals surface area contributed by atoms with Gasteiger partial charge in [-0.15, -0.1) is 12.6 Å². The molecule has 118 valence electrons. The minimum absolute atomic E-state index is 0.245. The van der Waals surface area contributed by atoms with Gasteiger partial charge in [-0.2, -0.15) is 0 Å². The van der Waals surface area contributed by atoms with Crippen molar-refractivity contribution in [3.63, 3.8) is 0 Å². The lowest BCUT2D eigenvalue weighted by molar-refractivity contribution is 0.0514. The van der Waals surface area contributed by atoms with E-state index in [4.69, 9.17) is 9.47 Å². The highest BCUT2D eigenvalue weighted by Gasteiger charge is 2.28. The van der Waals surface area contributed by atoms with Gasteiger partial charge in [-0.3, -0.25) is 0 Å². The van der Waals surface area contributed by atoms with E-state index in [-0.39, 0.29) is 23.8 Å². The standard InChI is InChI=1S/C16H19NO4S/c1-5-20-15(18)11-12-10(4)7-9(3)8-17(12)13(14(11)22)16(19)21-6-2/h7-8,22H,5-6H2,1-4H3. The van der Waals surface area contributed by atoms with E-state index in [1.807, 2.05) is 19.9 Å². The quantitative estimate of drug-likeness (QED) is 0.694. The van der Waals surface area contributed by atoms with Crippen molar-refractivity contribution in [2.75, 3.05) is 13.2 Å². The molecule has 2 aromatic rings. The van der Waals surface area contributed by atoms with E-state index in [1.165, 1.54) is 0 Å². The highest BCUT2D eigenvalue weighted by molar-refractivity contribution is 7.80. The van der Waals surface area contributed by atoms with Crippen molar-refractivity contribution in [3.05, 3.63) is 34.6 Å². The molecule has 5 nitrogen and oxygen atoms in total. The Morgan fingerprint density at radius 2 is 1.73 bits per heavy atom. The van der Waals surface area contributed by atoms with Gasteiger partial charge >= 0.3 is 11.9 Å². The van der Waals surface area contributed by atoms with Gasteiger partial charge in [0.05, 0.1) is 29.2 Å². The first-order valence-corrected chi connectivity index (χ1v) is 7.55. The lowest BCUT2D eigenvalue weighted by Crippen LogP contribution is -2.09. The van der Waals surface area contributed by atoms with Crippen LogP contribution < -0.4 is 0 Å². The Balaban J connectivity index is 2.82. The van der Waals surface area contributed by atoms with Crippen LogP contribution in [0.1, 0.15) is 45.8 Å². The smallest absolute Gasteiger partial charge is 0.356 e. The Hall–Kier alpha value is -1.95. The van der Waals surface area contributed by atoms with E-state index in [0.717, 1.165) is 11.1 Å². The summed E-state index contributed by atoms with van der Waals surface area (Å²) in [5, 5.41) is 0. The van der Waals surface area contributed by atoms with E-state index in [2.05, 4.69) is 12.6 Å². The molecular weight excluding hydrogens is 302 g/mol. The molecule has 2 heterocycles. The number of carbonyl (C=O) groups is 2. The molecule has 0 spiro atoms. The van der Waals surface area contributed by atoms with Crippen LogP contribution in [0.15, 0.2) is 17.2 Å². The predicted octanol–water partition coefficient (Wildman–Crippen LogP) is 3.20. The van der Waals surface area contributed by atoms with E-state index < -0.39 is 11.9 Å². The summed E-state index contributed by atoms with van der Waals surface area (Å²) in [7, 11) is 0. The van der Waals surface area contributed by atoms with Crippen molar-refractivity contribution in [2.45, 2.75) is 32.6 Å². The molecule has 0 atom stereocenters. The molecule has 0 bridgehead atoms. The van der Waals surface area contributed by atoms with E-state index in [9.17, 15) is 9.59 Å². The zero-order chi connectivity index (χ0) is 16.4. The number of rotatable bonds is 4. The molecule has 22 heavy (non-hydrogen) atoms. The van der Waals surface area contributed by atoms with Gasteiger partial charge in [-0.25, -0.2) is 9.59 Å². The largest absolute Gasteiger partial charge is 0.462 e. The number of esters is 2. The van der Waals surface area contributed by atoms with Crippen molar-refractivity contribution >= 4 is 30.1 Å². The Labute approximate surface area is 134 Å². The predicted molar refractivity (Wildman–Crippen MR) is 86.0 cm³/mol. The molecule has 0 saturated carbocycles. The summed E-state index contributed by atoms with van der Waals surface area (Å²) < 4.78 is 11.9. The molecule has 0 saturated heterocycles. The maximum Gasteiger partial charge on any atom is 0.356 e. The van der Waals surface area contributed by atoms with Crippen molar-refractivity contribution < 1.29 is 19.1 Å². The zero-order valence-corrected chi connectivity index (χ0v) is 14.0. The van der Waals surface area contributed by atoms with Crippen LogP contribution >= 0.6 is 12.6 Å². The van der Waals surface area contributed by atoms with Crippen molar-refractivity contribution in [1.82, 2.24) is 4.40 Å². The molecule has 0 radical (unpaired) electrons. The first-order valence-electron chi connectivity index (χ1n) is 7.10. The van der Waals surface area contributed by atoms with Gasteiger partial charge in [-0.05, 0) is 38.8 Å². The molecule has 0 aliphatic rings. The van der Waals surface area contributed by atoms with Crippen molar-refractivity contribution in [2.24, 2.45) is 0 Å². The highest BCUT2D eigenvalue weighted by atomic mass is 32.1. The topological polar surface area (TPSA) is 57.0 Å². The SMILES string of the molecule is CCOC(=O)c1c(S)c(C(=O)OCC)n2cc(C)cc(C)c12. The number of aryl methyl sites for hydroxylation is 2.